The quantitative estimate of drug-likeness (QED) is 0.525. The molecular formula is C26H30N2O3S. The van der Waals surface area contributed by atoms with Gasteiger partial charge < -0.3 is 5.32 Å². The topological polar surface area (TPSA) is 66.5 Å². The largest absolute Gasteiger partial charge is 0.348 e. The van der Waals surface area contributed by atoms with E-state index in [2.05, 4.69) is 5.32 Å². The smallest absolute Gasteiger partial charge is 0.243 e. The van der Waals surface area contributed by atoms with E-state index in [0.29, 0.717) is 12.0 Å². The summed E-state index contributed by atoms with van der Waals surface area (Å²) >= 11 is 0. The van der Waals surface area contributed by atoms with Crippen LogP contribution in [0.3, 0.4) is 0 Å². The van der Waals surface area contributed by atoms with Gasteiger partial charge in [0.05, 0.1) is 17.5 Å². The summed E-state index contributed by atoms with van der Waals surface area (Å²) in [6, 6.07) is 24.4. The molecule has 3 rings (SSSR count). The van der Waals surface area contributed by atoms with Crippen molar-refractivity contribution >= 4 is 15.9 Å². The van der Waals surface area contributed by atoms with E-state index in [4.69, 9.17) is 0 Å². The predicted molar refractivity (Wildman–Crippen MR) is 128 cm³/mol. The van der Waals surface area contributed by atoms with Gasteiger partial charge >= 0.3 is 0 Å². The second-order valence-electron chi connectivity index (χ2n) is 8.04. The number of rotatable bonds is 9. The summed E-state index contributed by atoms with van der Waals surface area (Å²) in [6.07, 6.45) is 0.520. The molecule has 0 aliphatic heterocycles. The normalized spacial score (nSPS) is 12.5. The first-order valence-corrected chi connectivity index (χ1v) is 12.2. The van der Waals surface area contributed by atoms with Crippen LogP contribution in [0.4, 0.5) is 0 Å². The van der Waals surface area contributed by atoms with Crippen LogP contribution < -0.4 is 5.32 Å². The number of carbonyl (C=O) groups excluding carboxylic acids is 1. The Hall–Kier alpha value is -2.96. The van der Waals surface area contributed by atoms with Gasteiger partial charge in [0, 0.05) is 6.54 Å². The SMILES string of the molecule is Cc1ccc(C)c(S(=O)(=O)N(CCc2ccccc2)CC(=O)NC(C)c2ccccc2)c1. The number of aryl methyl sites for hydroxylation is 2. The van der Waals surface area contributed by atoms with Crippen molar-refractivity contribution in [2.24, 2.45) is 0 Å². The van der Waals surface area contributed by atoms with Crippen molar-refractivity contribution in [2.75, 3.05) is 13.1 Å². The van der Waals surface area contributed by atoms with Gasteiger partial charge in [0.2, 0.25) is 15.9 Å². The predicted octanol–water partition coefficient (Wildman–Crippen LogP) is 4.41. The number of hydrogen-bond acceptors (Lipinski definition) is 3. The van der Waals surface area contributed by atoms with Gasteiger partial charge in [0.15, 0.2) is 0 Å². The third kappa shape index (κ3) is 6.05. The zero-order chi connectivity index (χ0) is 23.1. The molecule has 1 atom stereocenters. The third-order valence-electron chi connectivity index (χ3n) is 5.45. The van der Waals surface area contributed by atoms with E-state index in [1.807, 2.05) is 80.6 Å². The van der Waals surface area contributed by atoms with Crippen molar-refractivity contribution < 1.29 is 13.2 Å². The van der Waals surface area contributed by atoms with Gasteiger partial charge in [-0.3, -0.25) is 4.79 Å². The summed E-state index contributed by atoms with van der Waals surface area (Å²) in [5.41, 5.74) is 3.51. The van der Waals surface area contributed by atoms with Crippen LogP contribution in [0.25, 0.3) is 0 Å². The molecule has 1 amide bonds. The molecule has 0 aromatic heterocycles. The highest BCUT2D eigenvalue weighted by Crippen LogP contribution is 2.22. The van der Waals surface area contributed by atoms with E-state index in [1.165, 1.54) is 4.31 Å². The first kappa shape index (κ1) is 23.7. The van der Waals surface area contributed by atoms with E-state index in [9.17, 15) is 13.2 Å². The summed E-state index contributed by atoms with van der Waals surface area (Å²) in [4.78, 5) is 13.1. The fourth-order valence-corrected chi connectivity index (χ4v) is 5.29. The Morgan fingerprint density at radius 1 is 0.938 bits per heavy atom. The van der Waals surface area contributed by atoms with Crippen molar-refractivity contribution in [3.05, 3.63) is 101 Å². The standard InChI is InChI=1S/C26H30N2O3S/c1-20-14-15-21(2)25(18-20)32(30,31)28(17-16-23-10-6-4-7-11-23)19-26(29)27-22(3)24-12-8-5-9-13-24/h4-15,18,22H,16-17,19H2,1-3H3,(H,27,29). The molecular weight excluding hydrogens is 420 g/mol. The van der Waals surface area contributed by atoms with Crippen molar-refractivity contribution in [2.45, 2.75) is 38.1 Å². The minimum Gasteiger partial charge on any atom is -0.348 e. The number of nitrogens with zero attached hydrogens (tertiary/aromatic N) is 1. The van der Waals surface area contributed by atoms with Crippen LogP contribution in [-0.4, -0.2) is 31.7 Å². The zero-order valence-electron chi connectivity index (χ0n) is 18.8. The molecule has 0 saturated carbocycles. The summed E-state index contributed by atoms with van der Waals surface area (Å²) in [7, 11) is -3.85. The second kappa shape index (κ2) is 10.6. The lowest BCUT2D eigenvalue weighted by Crippen LogP contribution is -2.42. The van der Waals surface area contributed by atoms with E-state index in [-0.39, 0.29) is 29.9 Å². The Labute approximate surface area is 191 Å². The Morgan fingerprint density at radius 3 is 2.22 bits per heavy atom. The fourth-order valence-electron chi connectivity index (χ4n) is 3.58. The van der Waals surface area contributed by atoms with Crippen molar-refractivity contribution in [3.63, 3.8) is 0 Å². The van der Waals surface area contributed by atoms with E-state index >= 15 is 0 Å². The first-order chi connectivity index (χ1) is 15.3. The van der Waals surface area contributed by atoms with Gasteiger partial charge in [-0.25, -0.2) is 8.42 Å². The molecule has 5 nitrogen and oxygen atoms in total. The van der Waals surface area contributed by atoms with Gasteiger partial charge in [0.25, 0.3) is 0 Å². The fraction of sp³-hybridized carbons (Fsp3) is 0.269. The molecule has 6 heteroatoms. The maximum Gasteiger partial charge on any atom is 0.243 e. The minimum absolute atomic E-state index is 0.215. The maximum atomic E-state index is 13.6. The molecule has 3 aromatic rings. The molecule has 168 valence electrons. The summed E-state index contributed by atoms with van der Waals surface area (Å²) in [5, 5.41) is 2.93. The van der Waals surface area contributed by atoms with E-state index in [0.717, 1.165) is 16.7 Å². The van der Waals surface area contributed by atoms with Gasteiger partial charge in [-0.1, -0.05) is 72.8 Å². The Balaban J connectivity index is 1.83. The molecule has 0 bridgehead atoms. The monoisotopic (exact) mass is 450 g/mol. The van der Waals surface area contributed by atoms with Crippen LogP contribution in [0, 0.1) is 13.8 Å². The number of nitrogens with one attached hydrogen (secondary N) is 1. The van der Waals surface area contributed by atoms with Crippen LogP contribution in [0.5, 0.6) is 0 Å². The van der Waals surface area contributed by atoms with Gasteiger partial charge in [-0.15, -0.1) is 0 Å². The molecule has 0 aliphatic rings. The highest BCUT2D eigenvalue weighted by Gasteiger charge is 2.28. The lowest BCUT2D eigenvalue weighted by atomic mass is 10.1. The van der Waals surface area contributed by atoms with E-state index < -0.39 is 10.0 Å². The Bertz CT molecular complexity index is 1150. The average Bonchev–Trinajstić information content (AvgIpc) is 2.79. The number of hydrogen-bond donors (Lipinski definition) is 1. The first-order valence-electron chi connectivity index (χ1n) is 10.7. The van der Waals surface area contributed by atoms with Gasteiger partial charge in [-0.05, 0) is 55.5 Å². The van der Waals surface area contributed by atoms with Crippen molar-refractivity contribution in [3.8, 4) is 0 Å². The maximum absolute atomic E-state index is 13.6. The van der Waals surface area contributed by atoms with Crippen LogP contribution >= 0.6 is 0 Å². The molecule has 3 aromatic carbocycles. The van der Waals surface area contributed by atoms with Gasteiger partial charge in [-0.2, -0.15) is 4.31 Å². The van der Waals surface area contributed by atoms with Crippen LogP contribution in [0.15, 0.2) is 83.8 Å². The molecule has 0 heterocycles. The average molecular weight is 451 g/mol. The minimum atomic E-state index is -3.85. The van der Waals surface area contributed by atoms with Crippen LogP contribution in [0.2, 0.25) is 0 Å². The number of carbonyl (C=O) groups is 1. The summed E-state index contributed by atoms with van der Waals surface area (Å²) in [6.45, 7) is 5.51. The summed E-state index contributed by atoms with van der Waals surface area (Å²) < 4.78 is 28.4. The Kier molecular flexibility index (Phi) is 7.83. The second-order valence-corrected chi connectivity index (χ2v) is 9.95. The third-order valence-corrected chi connectivity index (χ3v) is 7.44. The molecule has 1 N–H and O–H groups in total. The zero-order valence-corrected chi connectivity index (χ0v) is 19.6. The Morgan fingerprint density at radius 2 is 1.56 bits per heavy atom. The summed E-state index contributed by atoms with van der Waals surface area (Å²) in [5.74, 6) is -0.330. The van der Waals surface area contributed by atoms with Crippen LogP contribution in [-0.2, 0) is 21.2 Å². The highest BCUT2D eigenvalue weighted by atomic mass is 32.2. The van der Waals surface area contributed by atoms with Crippen molar-refractivity contribution in [1.29, 1.82) is 0 Å². The number of amides is 1. The lowest BCUT2D eigenvalue weighted by Gasteiger charge is -2.24. The van der Waals surface area contributed by atoms with Gasteiger partial charge in [0.1, 0.15) is 0 Å². The van der Waals surface area contributed by atoms with Crippen LogP contribution in [0.1, 0.15) is 35.2 Å². The molecule has 32 heavy (non-hydrogen) atoms. The molecule has 0 aliphatic carbocycles. The molecule has 1 unspecified atom stereocenters. The highest BCUT2D eigenvalue weighted by molar-refractivity contribution is 7.89. The number of benzene rings is 3. The molecule has 0 fully saturated rings. The number of sulfonamides is 1. The molecule has 0 spiro atoms. The van der Waals surface area contributed by atoms with E-state index in [1.54, 1.807) is 19.1 Å². The molecule has 0 saturated heterocycles. The van der Waals surface area contributed by atoms with Crippen molar-refractivity contribution in [1.82, 2.24) is 9.62 Å². The molecule has 0 radical (unpaired) electrons. The lowest BCUT2D eigenvalue weighted by molar-refractivity contribution is -0.121.